The van der Waals surface area contributed by atoms with Crippen molar-refractivity contribution in [3.05, 3.63) is 50.5 Å². The molecule has 0 spiro atoms. The summed E-state index contributed by atoms with van der Waals surface area (Å²) in [6.45, 7) is 8.58. The van der Waals surface area contributed by atoms with Gasteiger partial charge in [-0.25, -0.2) is 9.97 Å². The maximum absolute atomic E-state index is 12.2. The van der Waals surface area contributed by atoms with Crippen LogP contribution in [0.2, 0.25) is 0 Å². The molecule has 0 saturated carbocycles. The molecule has 3 rings (SSSR count). The van der Waals surface area contributed by atoms with Crippen LogP contribution in [0.25, 0.3) is 16.7 Å². The molecule has 134 valence electrons. The molecule has 8 heteroatoms. The topological polar surface area (TPSA) is 97.6 Å². The zero-order chi connectivity index (χ0) is 18.7. The molecule has 0 aliphatic rings. The van der Waals surface area contributed by atoms with E-state index in [1.54, 1.807) is 6.20 Å². The van der Waals surface area contributed by atoms with Gasteiger partial charge in [-0.1, -0.05) is 12.1 Å². The van der Waals surface area contributed by atoms with Gasteiger partial charge in [0.05, 0.1) is 23.1 Å². The van der Waals surface area contributed by atoms with Crippen LogP contribution in [0.15, 0.2) is 36.7 Å². The normalized spacial score (nSPS) is 11.5. The van der Waals surface area contributed by atoms with Crippen LogP contribution in [0.3, 0.4) is 0 Å². The molecule has 0 unspecified atom stereocenters. The zero-order valence-electron chi connectivity index (χ0n) is 14.4. The molecule has 3 aromatic rings. The number of imidazole rings is 1. The summed E-state index contributed by atoms with van der Waals surface area (Å²) < 4.78 is 6.74. The van der Waals surface area contributed by atoms with E-state index in [9.17, 15) is 9.59 Å². The van der Waals surface area contributed by atoms with E-state index in [1.165, 1.54) is 6.92 Å². The summed E-state index contributed by atoms with van der Waals surface area (Å²) in [5.74, 6) is -0.333. The molecule has 0 aliphatic heterocycles. The summed E-state index contributed by atoms with van der Waals surface area (Å²) in [5.41, 5.74) is 1.15. The monoisotopic (exact) mass is 353 g/mol. The number of aromatic nitrogens is 3. The van der Waals surface area contributed by atoms with Gasteiger partial charge in [-0.05, 0) is 26.0 Å². The minimum Gasteiger partial charge on any atom is -0.463 e. The molecule has 0 aliphatic carbocycles. The third kappa shape index (κ3) is 3.90. The zero-order valence-corrected chi connectivity index (χ0v) is 14.4. The molecular formula is C18H19N5O3. The molecule has 2 aromatic heterocycles. The highest BCUT2D eigenvalue weighted by atomic mass is 16.5. The number of para-hydroxylation sites is 2. The Labute approximate surface area is 150 Å². The van der Waals surface area contributed by atoms with Crippen molar-refractivity contribution in [3.63, 3.8) is 0 Å². The number of ether oxygens (including phenoxy) is 1. The number of carbonyl (C=O) groups is 2. The first-order valence-electron chi connectivity index (χ1n) is 7.96. The third-order valence-electron chi connectivity index (χ3n) is 3.60. The van der Waals surface area contributed by atoms with Crippen molar-refractivity contribution in [1.29, 1.82) is 0 Å². The van der Waals surface area contributed by atoms with Gasteiger partial charge >= 0.3 is 5.97 Å². The standard InChI is InChI=1S/C18H19N5O3/c1-12(24)26-11-18(2,3)22-15(25)10-20-16-17-19-8-9-23(17)14-7-5-4-6-13(14)21-16/h4-9H,2-3,10-11H2,1H3,(H,20,21)(H,22,25). The first-order valence-corrected chi connectivity index (χ1v) is 7.96. The molecule has 2 heterocycles. The van der Waals surface area contributed by atoms with Crippen molar-refractivity contribution >= 4 is 34.4 Å². The number of hydrogen-bond donors (Lipinski definition) is 2. The minimum absolute atomic E-state index is 0.0548. The number of carbonyl (C=O) groups excluding carboxylic acids is 2. The lowest BCUT2D eigenvalue weighted by atomic mass is 10.1. The van der Waals surface area contributed by atoms with Crippen LogP contribution < -0.4 is 10.6 Å². The van der Waals surface area contributed by atoms with E-state index in [0.29, 0.717) is 11.5 Å². The number of nitrogens with one attached hydrogen (secondary N) is 2. The molecule has 8 nitrogen and oxygen atoms in total. The first kappa shape index (κ1) is 17.7. The smallest absolute Gasteiger partial charge is 0.302 e. The van der Waals surface area contributed by atoms with Gasteiger partial charge in [0.2, 0.25) is 5.91 Å². The van der Waals surface area contributed by atoms with Crippen LogP contribution in [-0.4, -0.2) is 44.9 Å². The van der Waals surface area contributed by atoms with Gasteiger partial charge in [0.1, 0.15) is 6.61 Å². The summed E-state index contributed by atoms with van der Waals surface area (Å²) in [6, 6.07) is 7.65. The Bertz CT molecular complexity index is 964. The Morgan fingerprint density at radius 3 is 2.85 bits per heavy atom. The van der Waals surface area contributed by atoms with E-state index in [0.717, 1.165) is 11.0 Å². The fourth-order valence-corrected chi connectivity index (χ4v) is 2.50. The van der Waals surface area contributed by atoms with Crippen LogP contribution in [0.5, 0.6) is 0 Å². The predicted octanol–water partition coefficient (Wildman–Crippen LogP) is 1.38. The number of rotatable bonds is 6. The Morgan fingerprint density at radius 1 is 1.31 bits per heavy atom. The second-order valence-electron chi connectivity index (χ2n) is 6.03. The summed E-state index contributed by atoms with van der Waals surface area (Å²) in [6.07, 6.45) is 3.51. The van der Waals surface area contributed by atoms with E-state index in [4.69, 9.17) is 4.74 Å². The predicted molar refractivity (Wildman–Crippen MR) is 97.2 cm³/mol. The van der Waals surface area contributed by atoms with E-state index >= 15 is 0 Å². The van der Waals surface area contributed by atoms with Crippen LogP contribution in [-0.2, 0) is 14.3 Å². The first-order chi connectivity index (χ1) is 12.4. The Hall–Kier alpha value is -3.16. The lowest BCUT2D eigenvalue weighted by Crippen LogP contribution is -2.49. The van der Waals surface area contributed by atoms with Gasteiger partial charge in [-0.3, -0.25) is 14.0 Å². The summed E-state index contributed by atoms with van der Waals surface area (Å²) in [5, 5.41) is 5.59. The number of nitrogens with zero attached hydrogens (tertiary/aromatic N) is 3. The number of hydrogen-bond acceptors (Lipinski definition) is 6. The Balaban J connectivity index is 1.72. The Kier molecular flexibility index (Phi) is 4.75. The fraction of sp³-hybridized carbons (Fsp3) is 0.222. The Morgan fingerprint density at radius 2 is 2.08 bits per heavy atom. The second-order valence-corrected chi connectivity index (χ2v) is 6.03. The maximum atomic E-state index is 12.2. The molecule has 1 amide bonds. The molecule has 0 saturated heterocycles. The summed E-state index contributed by atoms with van der Waals surface area (Å²) in [4.78, 5) is 31.9. The number of fused-ring (bicyclic) bond motifs is 3. The van der Waals surface area contributed by atoms with Crippen molar-refractivity contribution in [1.82, 2.24) is 19.7 Å². The van der Waals surface area contributed by atoms with E-state index in [2.05, 4.69) is 34.4 Å². The highest BCUT2D eigenvalue weighted by Gasteiger charge is 2.22. The van der Waals surface area contributed by atoms with E-state index in [-0.39, 0.29) is 19.1 Å². The highest BCUT2D eigenvalue weighted by Crippen LogP contribution is 2.20. The van der Waals surface area contributed by atoms with Crippen LogP contribution in [0.4, 0.5) is 5.82 Å². The van der Waals surface area contributed by atoms with E-state index < -0.39 is 11.5 Å². The maximum Gasteiger partial charge on any atom is 0.302 e. The fourth-order valence-electron chi connectivity index (χ4n) is 2.50. The largest absolute Gasteiger partial charge is 0.463 e. The van der Waals surface area contributed by atoms with Gasteiger partial charge in [-0.2, -0.15) is 0 Å². The second kappa shape index (κ2) is 6.99. The molecule has 1 aromatic carbocycles. The van der Waals surface area contributed by atoms with Crippen molar-refractivity contribution in [2.24, 2.45) is 0 Å². The molecule has 0 bridgehead atoms. The SMILES string of the molecule is [CH2]C([CH2])(COC(C)=O)NC(=O)CNc1nc2ccccc2n2ccnc12. The van der Waals surface area contributed by atoms with Crippen molar-refractivity contribution in [2.45, 2.75) is 12.5 Å². The average Bonchev–Trinajstić information content (AvgIpc) is 3.08. The molecule has 26 heavy (non-hydrogen) atoms. The quantitative estimate of drug-likeness (QED) is 0.650. The van der Waals surface area contributed by atoms with Gasteiger partial charge < -0.3 is 15.4 Å². The summed E-state index contributed by atoms with van der Waals surface area (Å²) >= 11 is 0. The van der Waals surface area contributed by atoms with E-state index in [1.807, 2.05) is 34.9 Å². The van der Waals surface area contributed by atoms with Gasteiger partial charge in [0, 0.05) is 19.3 Å². The lowest BCUT2D eigenvalue weighted by molar-refractivity contribution is -0.143. The molecule has 0 atom stereocenters. The lowest BCUT2D eigenvalue weighted by Gasteiger charge is -2.25. The number of anilines is 1. The van der Waals surface area contributed by atoms with Crippen LogP contribution in [0, 0.1) is 13.8 Å². The summed E-state index contributed by atoms with van der Waals surface area (Å²) in [7, 11) is 0. The third-order valence-corrected chi connectivity index (χ3v) is 3.60. The minimum atomic E-state index is -1.16. The van der Waals surface area contributed by atoms with Crippen LogP contribution >= 0.6 is 0 Å². The molecule has 0 fully saturated rings. The van der Waals surface area contributed by atoms with Gasteiger partial charge in [0.15, 0.2) is 11.5 Å². The van der Waals surface area contributed by atoms with Gasteiger partial charge in [0.25, 0.3) is 0 Å². The molecule has 2 radical (unpaired) electrons. The number of amides is 1. The van der Waals surface area contributed by atoms with Crippen molar-refractivity contribution in [3.8, 4) is 0 Å². The van der Waals surface area contributed by atoms with Gasteiger partial charge in [-0.15, -0.1) is 0 Å². The molecule has 2 N–H and O–H groups in total. The molecular weight excluding hydrogens is 334 g/mol. The number of esters is 1. The van der Waals surface area contributed by atoms with Crippen molar-refractivity contribution < 1.29 is 14.3 Å². The average molecular weight is 353 g/mol. The van der Waals surface area contributed by atoms with Crippen LogP contribution in [0.1, 0.15) is 6.92 Å². The number of benzene rings is 1. The highest BCUT2D eigenvalue weighted by molar-refractivity contribution is 5.86. The van der Waals surface area contributed by atoms with Crippen molar-refractivity contribution in [2.75, 3.05) is 18.5 Å².